The van der Waals surface area contributed by atoms with E-state index in [0.717, 1.165) is 44.1 Å². The van der Waals surface area contributed by atoms with E-state index >= 15 is 0 Å². The molecule has 1 atom stereocenters. The summed E-state index contributed by atoms with van der Waals surface area (Å²) in [7, 11) is 1.82. The summed E-state index contributed by atoms with van der Waals surface area (Å²) >= 11 is 0. The van der Waals surface area contributed by atoms with Gasteiger partial charge in [0.25, 0.3) is 11.8 Å². The van der Waals surface area contributed by atoms with Crippen LogP contribution in [0.15, 0.2) is 59.6 Å². The van der Waals surface area contributed by atoms with Gasteiger partial charge in [-0.05, 0) is 36.8 Å². The van der Waals surface area contributed by atoms with Gasteiger partial charge in [-0.1, -0.05) is 30.3 Å². The number of morpholine rings is 1. The monoisotopic (exact) mass is 406 g/mol. The highest BCUT2D eigenvalue weighted by Gasteiger charge is 2.40. The summed E-state index contributed by atoms with van der Waals surface area (Å²) < 4.78 is 5.38. The topological polar surface area (TPSA) is 65.5 Å². The molecule has 2 heterocycles. The Labute approximate surface area is 176 Å². The van der Waals surface area contributed by atoms with Crippen LogP contribution in [0.25, 0.3) is 0 Å². The highest BCUT2D eigenvalue weighted by atomic mass is 16.5. The zero-order valence-electron chi connectivity index (χ0n) is 17.3. The summed E-state index contributed by atoms with van der Waals surface area (Å²) in [6, 6.07) is 16.5. The van der Waals surface area contributed by atoms with Gasteiger partial charge in [0, 0.05) is 32.2 Å². The number of amides is 2. The summed E-state index contributed by atoms with van der Waals surface area (Å²) in [6.07, 6.45) is 0. The maximum atomic E-state index is 13.0. The van der Waals surface area contributed by atoms with E-state index in [2.05, 4.69) is 9.89 Å². The second kappa shape index (κ2) is 8.87. The molecule has 0 radical (unpaired) electrons. The van der Waals surface area contributed by atoms with E-state index in [-0.39, 0.29) is 17.7 Å². The van der Waals surface area contributed by atoms with E-state index in [1.165, 1.54) is 0 Å². The van der Waals surface area contributed by atoms with E-state index < -0.39 is 5.91 Å². The molecule has 2 aromatic carbocycles. The molecule has 2 fully saturated rings. The predicted octanol–water partition coefficient (Wildman–Crippen LogP) is 2.38. The molecule has 0 bridgehead atoms. The molecule has 4 rings (SSSR count). The van der Waals surface area contributed by atoms with E-state index in [1.807, 2.05) is 56.4 Å². The van der Waals surface area contributed by atoms with Crippen molar-refractivity contribution in [2.75, 3.05) is 38.4 Å². The van der Waals surface area contributed by atoms with Crippen molar-refractivity contribution in [1.82, 2.24) is 9.91 Å². The van der Waals surface area contributed by atoms with Crippen LogP contribution in [0.1, 0.15) is 22.8 Å². The minimum absolute atomic E-state index is 0.253. The van der Waals surface area contributed by atoms with Crippen molar-refractivity contribution in [3.8, 4) is 0 Å². The van der Waals surface area contributed by atoms with E-state index in [9.17, 15) is 9.59 Å². The average Bonchev–Trinajstić information content (AvgIpc) is 2.98. The molecule has 7 heteroatoms. The standard InChI is InChI=1S/C23H26N4O3/c1-17-21(23(29)27(25(17)2)20-6-4-3-5-7-20)24-22(28)19-10-8-18(9-11-19)16-26-12-14-30-15-13-26/h3-11,17H,12-16H2,1-2H3. The van der Waals surface area contributed by atoms with Gasteiger partial charge >= 0.3 is 0 Å². The normalized spacial score (nSPS) is 22.1. The highest BCUT2D eigenvalue weighted by molar-refractivity contribution is 6.48. The number of aliphatic imine (C=N–C) groups is 1. The molecule has 30 heavy (non-hydrogen) atoms. The third-order valence-corrected chi connectivity index (χ3v) is 5.62. The molecule has 0 aromatic heterocycles. The van der Waals surface area contributed by atoms with Crippen LogP contribution in [0.2, 0.25) is 0 Å². The van der Waals surface area contributed by atoms with Crippen molar-refractivity contribution in [1.29, 1.82) is 0 Å². The lowest BCUT2D eigenvalue weighted by Crippen LogP contribution is -2.38. The number of rotatable bonds is 4. The van der Waals surface area contributed by atoms with Gasteiger partial charge in [0.2, 0.25) is 0 Å². The van der Waals surface area contributed by atoms with Gasteiger partial charge in [-0.2, -0.15) is 0 Å². The Bertz CT molecular complexity index is 937. The van der Waals surface area contributed by atoms with Crippen LogP contribution < -0.4 is 5.01 Å². The average molecular weight is 406 g/mol. The number of hydrogen-bond donors (Lipinski definition) is 0. The lowest BCUT2D eigenvalue weighted by molar-refractivity contribution is -0.113. The Kier molecular flexibility index (Phi) is 6.03. The fourth-order valence-corrected chi connectivity index (χ4v) is 3.73. The highest BCUT2D eigenvalue weighted by Crippen LogP contribution is 2.24. The summed E-state index contributed by atoms with van der Waals surface area (Å²) in [6.45, 7) is 6.06. The molecule has 7 nitrogen and oxygen atoms in total. The molecule has 2 aliphatic heterocycles. The molecule has 0 N–H and O–H groups in total. The number of anilines is 1. The van der Waals surface area contributed by atoms with Crippen LogP contribution in [0, 0.1) is 0 Å². The number of carbonyl (C=O) groups excluding carboxylic acids is 2. The first-order valence-electron chi connectivity index (χ1n) is 10.2. The number of carbonyl (C=O) groups is 2. The van der Waals surface area contributed by atoms with Crippen molar-refractivity contribution in [2.45, 2.75) is 19.5 Å². The van der Waals surface area contributed by atoms with Crippen LogP contribution in [-0.4, -0.2) is 66.8 Å². The maximum absolute atomic E-state index is 13.0. The molecule has 2 saturated heterocycles. The maximum Gasteiger partial charge on any atom is 0.289 e. The molecule has 2 aliphatic rings. The summed E-state index contributed by atoms with van der Waals surface area (Å²) in [5.41, 5.74) is 2.63. The van der Waals surface area contributed by atoms with Crippen molar-refractivity contribution in [3.05, 3.63) is 65.7 Å². The molecular weight excluding hydrogens is 380 g/mol. The Hall–Kier alpha value is -2.87. The molecular formula is C23H26N4O3. The molecule has 2 aromatic rings. The van der Waals surface area contributed by atoms with Crippen LogP contribution in [0.3, 0.4) is 0 Å². The number of hydrazine groups is 1. The van der Waals surface area contributed by atoms with Crippen molar-refractivity contribution in [3.63, 3.8) is 0 Å². The van der Waals surface area contributed by atoms with Gasteiger partial charge in [0.1, 0.15) is 5.71 Å². The minimum Gasteiger partial charge on any atom is -0.379 e. The summed E-state index contributed by atoms with van der Waals surface area (Å²) in [5, 5.41) is 3.36. The molecule has 0 aliphatic carbocycles. The lowest BCUT2D eigenvalue weighted by Gasteiger charge is -2.26. The first kappa shape index (κ1) is 20.4. The van der Waals surface area contributed by atoms with Crippen LogP contribution >= 0.6 is 0 Å². The number of ether oxygens (including phenoxy) is 1. The largest absolute Gasteiger partial charge is 0.379 e. The van der Waals surface area contributed by atoms with Crippen LogP contribution in [-0.2, 0) is 16.1 Å². The molecule has 156 valence electrons. The third-order valence-electron chi connectivity index (χ3n) is 5.62. The van der Waals surface area contributed by atoms with Gasteiger partial charge < -0.3 is 4.74 Å². The van der Waals surface area contributed by atoms with Crippen molar-refractivity contribution >= 4 is 23.2 Å². The number of benzene rings is 2. The van der Waals surface area contributed by atoms with E-state index in [0.29, 0.717) is 5.56 Å². The first-order chi connectivity index (χ1) is 14.5. The fourth-order valence-electron chi connectivity index (χ4n) is 3.73. The number of nitrogens with zero attached hydrogens (tertiary/aromatic N) is 4. The van der Waals surface area contributed by atoms with Gasteiger partial charge in [0.15, 0.2) is 0 Å². The predicted molar refractivity (Wildman–Crippen MR) is 115 cm³/mol. The molecule has 0 saturated carbocycles. The van der Waals surface area contributed by atoms with Crippen LogP contribution in [0.5, 0.6) is 0 Å². The minimum atomic E-state index is -0.397. The Morgan fingerprint density at radius 1 is 1.07 bits per heavy atom. The van der Waals surface area contributed by atoms with Gasteiger partial charge in [-0.3, -0.25) is 14.5 Å². The fraction of sp³-hybridized carbons (Fsp3) is 0.348. The number of hydrogen-bond acceptors (Lipinski definition) is 5. The zero-order valence-corrected chi connectivity index (χ0v) is 17.3. The second-order valence-electron chi connectivity index (χ2n) is 7.59. The van der Waals surface area contributed by atoms with Crippen LogP contribution in [0.4, 0.5) is 5.69 Å². The Morgan fingerprint density at radius 2 is 1.73 bits per heavy atom. The quantitative estimate of drug-likeness (QED) is 0.780. The van der Waals surface area contributed by atoms with Crippen molar-refractivity contribution in [2.24, 2.45) is 4.99 Å². The number of para-hydroxylation sites is 1. The SMILES string of the molecule is CC1C(=NC(=O)c2ccc(CN3CCOCC3)cc2)C(=O)N(c2ccccc2)N1C. The van der Waals surface area contributed by atoms with Crippen molar-refractivity contribution < 1.29 is 14.3 Å². The molecule has 1 unspecified atom stereocenters. The second-order valence-corrected chi connectivity index (χ2v) is 7.59. The third kappa shape index (κ3) is 4.18. The van der Waals surface area contributed by atoms with Gasteiger partial charge in [0.05, 0.1) is 24.9 Å². The zero-order chi connectivity index (χ0) is 21.1. The van der Waals surface area contributed by atoms with E-state index in [4.69, 9.17) is 4.74 Å². The summed E-state index contributed by atoms with van der Waals surface area (Å²) in [4.78, 5) is 32.2. The van der Waals surface area contributed by atoms with E-state index in [1.54, 1.807) is 22.2 Å². The molecule has 0 spiro atoms. The van der Waals surface area contributed by atoms with Gasteiger partial charge in [-0.25, -0.2) is 15.0 Å². The lowest BCUT2D eigenvalue weighted by atomic mass is 10.1. The summed E-state index contributed by atoms with van der Waals surface area (Å²) in [5.74, 6) is -0.667. The van der Waals surface area contributed by atoms with Gasteiger partial charge in [-0.15, -0.1) is 0 Å². The Morgan fingerprint density at radius 3 is 2.40 bits per heavy atom. The first-order valence-corrected chi connectivity index (χ1v) is 10.2. The molecule has 2 amide bonds. The Balaban J connectivity index is 1.48. The smallest absolute Gasteiger partial charge is 0.289 e.